The van der Waals surface area contributed by atoms with E-state index >= 15 is 0 Å². The fraction of sp³-hybridized carbons (Fsp3) is 0.304. The van der Waals surface area contributed by atoms with Gasteiger partial charge in [0.2, 0.25) is 5.91 Å². The maximum Gasteiger partial charge on any atom is 0.243 e. The molecule has 1 N–H and O–H groups in total. The summed E-state index contributed by atoms with van der Waals surface area (Å²) >= 11 is 0. The molecule has 0 spiro atoms. The van der Waals surface area contributed by atoms with E-state index in [0.29, 0.717) is 26.1 Å². The first kappa shape index (κ1) is 19.7. The molecule has 0 radical (unpaired) electrons. The third-order valence-electron chi connectivity index (χ3n) is 4.48. The molecule has 0 saturated heterocycles. The van der Waals surface area contributed by atoms with Gasteiger partial charge in [0.15, 0.2) is 0 Å². The standard InChI is InChI=1S/C23H27N3O2/c1-4-7-23(27)24-11-10-22-25-20-8-5-6-9-21(20)26(22)12-13-28-19-15-17(2)14-18(3)16-19/h4-9,14-16H,10-13H2,1-3H3,(H,24,27)/b7-4+. The van der Waals surface area contributed by atoms with E-state index in [9.17, 15) is 4.79 Å². The van der Waals surface area contributed by atoms with Gasteiger partial charge >= 0.3 is 0 Å². The molecular weight excluding hydrogens is 350 g/mol. The summed E-state index contributed by atoms with van der Waals surface area (Å²) in [5, 5.41) is 2.89. The number of fused-ring (bicyclic) bond motifs is 1. The molecule has 146 valence electrons. The largest absolute Gasteiger partial charge is 0.492 e. The zero-order valence-electron chi connectivity index (χ0n) is 16.7. The van der Waals surface area contributed by atoms with Crippen molar-refractivity contribution in [1.82, 2.24) is 14.9 Å². The smallest absolute Gasteiger partial charge is 0.243 e. The maximum absolute atomic E-state index is 11.6. The molecule has 0 aliphatic heterocycles. The highest BCUT2D eigenvalue weighted by molar-refractivity contribution is 5.87. The monoisotopic (exact) mass is 377 g/mol. The first-order valence-electron chi connectivity index (χ1n) is 9.62. The summed E-state index contributed by atoms with van der Waals surface area (Å²) in [6, 6.07) is 14.3. The van der Waals surface area contributed by atoms with Crippen LogP contribution in [0.2, 0.25) is 0 Å². The van der Waals surface area contributed by atoms with Gasteiger partial charge in [-0.15, -0.1) is 0 Å². The number of carbonyl (C=O) groups is 1. The van der Waals surface area contributed by atoms with Crippen molar-refractivity contribution in [3.05, 3.63) is 71.6 Å². The van der Waals surface area contributed by atoms with Crippen LogP contribution in [0.4, 0.5) is 0 Å². The topological polar surface area (TPSA) is 56.2 Å². The lowest BCUT2D eigenvalue weighted by Crippen LogP contribution is -2.24. The number of aryl methyl sites for hydroxylation is 2. The first-order valence-corrected chi connectivity index (χ1v) is 9.62. The van der Waals surface area contributed by atoms with Crippen LogP contribution < -0.4 is 10.1 Å². The van der Waals surface area contributed by atoms with Gasteiger partial charge < -0.3 is 14.6 Å². The van der Waals surface area contributed by atoms with Crippen molar-refractivity contribution in [2.24, 2.45) is 0 Å². The zero-order chi connectivity index (χ0) is 19.9. The average molecular weight is 377 g/mol. The maximum atomic E-state index is 11.6. The fourth-order valence-electron chi connectivity index (χ4n) is 3.34. The van der Waals surface area contributed by atoms with E-state index in [1.807, 2.05) is 25.1 Å². The number of allylic oxidation sites excluding steroid dienone is 1. The molecule has 0 atom stereocenters. The minimum Gasteiger partial charge on any atom is -0.492 e. The molecule has 2 aromatic carbocycles. The summed E-state index contributed by atoms with van der Waals surface area (Å²) < 4.78 is 8.17. The Morgan fingerprint density at radius 3 is 2.68 bits per heavy atom. The molecule has 3 rings (SSSR count). The van der Waals surface area contributed by atoms with Gasteiger partial charge in [0.25, 0.3) is 0 Å². The number of amides is 1. The highest BCUT2D eigenvalue weighted by atomic mass is 16.5. The first-order chi connectivity index (χ1) is 13.6. The molecule has 28 heavy (non-hydrogen) atoms. The van der Waals surface area contributed by atoms with Crippen molar-refractivity contribution < 1.29 is 9.53 Å². The van der Waals surface area contributed by atoms with Gasteiger partial charge in [0, 0.05) is 13.0 Å². The normalized spacial score (nSPS) is 11.2. The lowest BCUT2D eigenvalue weighted by molar-refractivity contribution is -0.116. The van der Waals surface area contributed by atoms with Crippen molar-refractivity contribution >= 4 is 16.9 Å². The van der Waals surface area contributed by atoms with E-state index < -0.39 is 0 Å². The highest BCUT2D eigenvalue weighted by Crippen LogP contribution is 2.18. The van der Waals surface area contributed by atoms with Crippen molar-refractivity contribution in [3.8, 4) is 5.75 Å². The molecule has 5 heteroatoms. The quantitative estimate of drug-likeness (QED) is 0.605. The summed E-state index contributed by atoms with van der Waals surface area (Å²) in [5.74, 6) is 1.76. The Kier molecular flexibility index (Phi) is 6.48. The van der Waals surface area contributed by atoms with E-state index in [0.717, 1.165) is 22.6 Å². The molecule has 0 unspecified atom stereocenters. The van der Waals surface area contributed by atoms with Gasteiger partial charge in [-0.05, 0) is 62.2 Å². The van der Waals surface area contributed by atoms with E-state index in [-0.39, 0.29) is 5.91 Å². The molecule has 0 bridgehead atoms. The minimum atomic E-state index is -0.0803. The summed E-state index contributed by atoms with van der Waals surface area (Å²) in [6.45, 7) is 7.78. The minimum absolute atomic E-state index is 0.0803. The predicted octanol–water partition coefficient (Wildman–Crippen LogP) is 3.97. The number of benzene rings is 2. The van der Waals surface area contributed by atoms with Crippen LogP contribution in [-0.4, -0.2) is 28.6 Å². The number of aromatic nitrogens is 2. The molecule has 1 amide bonds. The van der Waals surface area contributed by atoms with Crippen molar-refractivity contribution in [1.29, 1.82) is 0 Å². The Balaban J connectivity index is 1.70. The molecule has 1 heterocycles. The molecular formula is C23H27N3O2. The zero-order valence-corrected chi connectivity index (χ0v) is 16.7. The second-order valence-corrected chi connectivity index (χ2v) is 6.88. The molecule has 3 aromatic rings. The molecule has 0 aliphatic carbocycles. The number of para-hydroxylation sites is 2. The molecule has 0 saturated carbocycles. The number of rotatable bonds is 8. The Bertz CT molecular complexity index is 968. The SMILES string of the molecule is C/C=C/C(=O)NCCc1nc2ccccc2n1CCOc1cc(C)cc(C)c1. The van der Waals surface area contributed by atoms with Crippen LogP contribution in [0.15, 0.2) is 54.6 Å². The fourth-order valence-corrected chi connectivity index (χ4v) is 3.34. The summed E-state index contributed by atoms with van der Waals surface area (Å²) in [4.78, 5) is 16.4. The van der Waals surface area contributed by atoms with Crippen molar-refractivity contribution in [2.75, 3.05) is 13.2 Å². The van der Waals surface area contributed by atoms with E-state index in [2.05, 4.69) is 48.0 Å². The van der Waals surface area contributed by atoms with Crippen LogP contribution in [0, 0.1) is 13.8 Å². The van der Waals surface area contributed by atoms with E-state index in [4.69, 9.17) is 9.72 Å². The van der Waals surface area contributed by atoms with Crippen LogP contribution in [0.25, 0.3) is 11.0 Å². The number of nitrogens with zero attached hydrogens (tertiary/aromatic N) is 2. The Hall–Kier alpha value is -3.08. The number of hydrogen-bond donors (Lipinski definition) is 1. The number of nitrogens with one attached hydrogen (secondary N) is 1. The van der Waals surface area contributed by atoms with Gasteiger partial charge in [-0.1, -0.05) is 24.3 Å². The lowest BCUT2D eigenvalue weighted by atomic mass is 10.1. The van der Waals surface area contributed by atoms with Crippen molar-refractivity contribution in [2.45, 2.75) is 33.7 Å². The second-order valence-electron chi connectivity index (χ2n) is 6.88. The Labute approximate surface area is 166 Å². The number of hydrogen-bond acceptors (Lipinski definition) is 3. The molecule has 0 fully saturated rings. The van der Waals surface area contributed by atoms with Gasteiger partial charge in [-0.3, -0.25) is 4.79 Å². The van der Waals surface area contributed by atoms with E-state index in [1.54, 1.807) is 6.08 Å². The molecule has 5 nitrogen and oxygen atoms in total. The predicted molar refractivity (Wildman–Crippen MR) is 113 cm³/mol. The third kappa shape index (κ3) is 5.00. The van der Waals surface area contributed by atoms with Gasteiger partial charge in [-0.25, -0.2) is 4.98 Å². The number of imidazole rings is 1. The van der Waals surface area contributed by atoms with E-state index in [1.165, 1.54) is 17.2 Å². The van der Waals surface area contributed by atoms with Crippen LogP contribution in [-0.2, 0) is 17.8 Å². The molecule has 0 aliphatic rings. The van der Waals surface area contributed by atoms with Crippen molar-refractivity contribution in [3.63, 3.8) is 0 Å². The summed E-state index contributed by atoms with van der Waals surface area (Å²) in [5.41, 5.74) is 4.44. The number of ether oxygens (including phenoxy) is 1. The van der Waals surface area contributed by atoms with Gasteiger partial charge in [0.05, 0.1) is 17.6 Å². The number of carbonyl (C=O) groups excluding carboxylic acids is 1. The van der Waals surface area contributed by atoms with Crippen LogP contribution in [0.3, 0.4) is 0 Å². The molecule has 1 aromatic heterocycles. The van der Waals surface area contributed by atoms with Gasteiger partial charge in [0.1, 0.15) is 18.2 Å². The van der Waals surface area contributed by atoms with Crippen LogP contribution >= 0.6 is 0 Å². The Morgan fingerprint density at radius 2 is 1.93 bits per heavy atom. The third-order valence-corrected chi connectivity index (χ3v) is 4.48. The summed E-state index contributed by atoms with van der Waals surface area (Å²) in [6.07, 6.45) is 3.93. The Morgan fingerprint density at radius 1 is 1.18 bits per heavy atom. The second kappa shape index (κ2) is 9.22. The van der Waals surface area contributed by atoms with Crippen LogP contribution in [0.5, 0.6) is 5.75 Å². The summed E-state index contributed by atoms with van der Waals surface area (Å²) in [7, 11) is 0. The lowest BCUT2D eigenvalue weighted by Gasteiger charge is -2.12. The van der Waals surface area contributed by atoms with Gasteiger partial charge in [-0.2, -0.15) is 0 Å². The highest BCUT2D eigenvalue weighted by Gasteiger charge is 2.11. The average Bonchev–Trinajstić information content (AvgIpc) is 2.99. The van der Waals surface area contributed by atoms with Crippen LogP contribution in [0.1, 0.15) is 23.9 Å².